The predicted octanol–water partition coefficient (Wildman–Crippen LogP) is 3.25. The number of esters is 1. The molecule has 1 aliphatic rings. The minimum atomic E-state index is -0.424. The molecule has 1 fully saturated rings. The van der Waals surface area contributed by atoms with Gasteiger partial charge in [-0.3, -0.25) is 9.59 Å². The van der Waals surface area contributed by atoms with Crippen LogP contribution in [0.2, 0.25) is 0 Å². The number of carbonyl (C=O) groups excluding carboxylic acids is 2. The number of amides is 1. The van der Waals surface area contributed by atoms with Crippen LogP contribution in [0.1, 0.15) is 45.1 Å². The Hall–Kier alpha value is -2.04. The van der Waals surface area contributed by atoms with Crippen LogP contribution in [0.4, 0.5) is 0 Å². The molecule has 1 amide bonds. The van der Waals surface area contributed by atoms with Crippen LogP contribution in [0.5, 0.6) is 5.75 Å². The summed E-state index contributed by atoms with van der Waals surface area (Å²) in [5.74, 6) is 1.14. The fraction of sp³-hybridized carbons (Fsp3) is 0.600. The number of carbonyl (C=O) groups is 2. The molecule has 0 bridgehead atoms. The number of benzene rings is 1. The molecule has 25 heavy (non-hydrogen) atoms. The fourth-order valence-corrected chi connectivity index (χ4v) is 3.14. The van der Waals surface area contributed by atoms with Crippen molar-refractivity contribution in [1.82, 2.24) is 5.32 Å². The monoisotopic (exact) mass is 347 g/mol. The summed E-state index contributed by atoms with van der Waals surface area (Å²) in [6.07, 6.45) is 3.46. The number of rotatable bonds is 7. The summed E-state index contributed by atoms with van der Waals surface area (Å²) in [5, 5.41) is 2.99. The summed E-state index contributed by atoms with van der Waals surface area (Å²) >= 11 is 0. The normalized spacial score (nSPS) is 22.9. The van der Waals surface area contributed by atoms with Gasteiger partial charge < -0.3 is 14.8 Å². The Morgan fingerprint density at radius 2 is 1.88 bits per heavy atom. The van der Waals surface area contributed by atoms with Gasteiger partial charge >= 0.3 is 5.97 Å². The van der Waals surface area contributed by atoms with Crippen LogP contribution >= 0.6 is 0 Å². The second kappa shape index (κ2) is 9.44. The van der Waals surface area contributed by atoms with Crippen molar-refractivity contribution in [1.29, 1.82) is 0 Å². The average molecular weight is 347 g/mol. The lowest BCUT2D eigenvalue weighted by atomic mass is 9.78. The van der Waals surface area contributed by atoms with Crippen molar-refractivity contribution in [3.05, 3.63) is 29.8 Å². The van der Waals surface area contributed by atoms with Crippen LogP contribution in [0, 0.1) is 18.8 Å². The van der Waals surface area contributed by atoms with E-state index < -0.39 is 5.97 Å². The van der Waals surface area contributed by atoms with Crippen LogP contribution in [0.25, 0.3) is 0 Å². The van der Waals surface area contributed by atoms with E-state index in [0.29, 0.717) is 11.8 Å². The Morgan fingerprint density at radius 3 is 2.60 bits per heavy atom. The van der Waals surface area contributed by atoms with Gasteiger partial charge in [0, 0.05) is 6.04 Å². The van der Waals surface area contributed by atoms with Gasteiger partial charge in [-0.15, -0.1) is 0 Å². The van der Waals surface area contributed by atoms with E-state index in [1.54, 1.807) is 0 Å². The van der Waals surface area contributed by atoms with Gasteiger partial charge in [0.15, 0.2) is 6.61 Å². The largest absolute Gasteiger partial charge is 0.493 e. The van der Waals surface area contributed by atoms with Crippen molar-refractivity contribution in [3.8, 4) is 5.75 Å². The first-order valence-corrected chi connectivity index (χ1v) is 9.10. The van der Waals surface area contributed by atoms with E-state index in [-0.39, 0.29) is 31.6 Å². The Bertz CT molecular complexity index is 570. The number of nitrogens with one attached hydrogen (secondary N) is 1. The summed E-state index contributed by atoms with van der Waals surface area (Å²) in [5.41, 5.74) is 1.15. The molecule has 0 aliphatic heterocycles. The summed E-state index contributed by atoms with van der Waals surface area (Å²) in [6.45, 7) is 6.41. The molecule has 5 heteroatoms. The first kappa shape index (κ1) is 19.3. The lowest BCUT2D eigenvalue weighted by Crippen LogP contribution is -2.45. The SMILES string of the molecule is Cc1ccc(OCCC(=O)OCC(=O)N[C@H]2CCC[C@H](C)[C@@H]2C)cc1. The minimum Gasteiger partial charge on any atom is -0.493 e. The van der Waals surface area contributed by atoms with Crippen molar-refractivity contribution in [2.24, 2.45) is 11.8 Å². The Morgan fingerprint density at radius 1 is 1.16 bits per heavy atom. The van der Waals surface area contributed by atoms with E-state index in [1.807, 2.05) is 31.2 Å². The van der Waals surface area contributed by atoms with E-state index in [4.69, 9.17) is 9.47 Å². The number of ether oxygens (including phenoxy) is 2. The van der Waals surface area contributed by atoms with Crippen molar-refractivity contribution in [2.75, 3.05) is 13.2 Å². The number of aryl methyl sites for hydroxylation is 1. The standard InChI is InChI=1S/C20H29NO4/c1-14-7-9-17(10-8-14)24-12-11-20(23)25-13-19(22)21-18-6-4-5-15(2)16(18)3/h7-10,15-16,18H,4-6,11-13H2,1-3H3,(H,21,22)/t15-,16-,18-/m0/s1. The molecule has 2 rings (SSSR count). The fourth-order valence-electron chi connectivity index (χ4n) is 3.14. The lowest BCUT2D eigenvalue weighted by molar-refractivity contribution is -0.149. The second-order valence-corrected chi connectivity index (χ2v) is 7.01. The van der Waals surface area contributed by atoms with Crippen LogP contribution in [-0.4, -0.2) is 31.1 Å². The molecule has 0 radical (unpaired) electrons. The molecular weight excluding hydrogens is 318 g/mol. The maximum Gasteiger partial charge on any atom is 0.309 e. The molecule has 1 aliphatic carbocycles. The third-order valence-corrected chi connectivity index (χ3v) is 5.01. The van der Waals surface area contributed by atoms with Crippen LogP contribution in [-0.2, 0) is 14.3 Å². The zero-order valence-corrected chi connectivity index (χ0v) is 15.4. The highest BCUT2D eigenvalue weighted by atomic mass is 16.5. The van der Waals surface area contributed by atoms with E-state index in [2.05, 4.69) is 19.2 Å². The second-order valence-electron chi connectivity index (χ2n) is 7.01. The van der Waals surface area contributed by atoms with Crippen LogP contribution in [0.3, 0.4) is 0 Å². The van der Waals surface area contributed by atoms with E-state index in [9.17, 15) is 9.59 Å². The van der Waals surface area contributed by atoms with Gasteiger partial charge in [-0.1, -0.05) is 44.4 Å². The smallest absolute Gasteiger partial charge is 0.309 e. The highest BCUT2D eigenvalue weighted by Gasteiger charge is 2.28. The molecule has 0 spiro atoms. The Kier molecular flexibility index (Phi) is 7.29. The summed E-state index contributed by atoms with van der Waals surface area (Å²) in [4.78, 5) is 23.7. The molecule has 0 saturated heterocycles. The highest BCUT2D eigenvalue weighted by Crippen LogP contribution is 2.29. The van der Waals surface area contributed by atoms with Crippen LogP contribution < -0.4 is 10.1 Å². The zero-order valence-electron chi connectivity index (χ0n) is 15.4. The van der Waals surface area contributed by atoms with Gasteiger partial charge in [-0.2, -0.15) is 0 Å². The van der Waals surface area contributed by atoms with Gasteiger partial charge in [0.05, 0.1) is 13.0 Å². The summed E-state index contributed by atoms with van der Waals surface area (Å²) in [6, 6.07) is 7.80. The molecule has 0 aromatic heterocycles. The summed E-state index contributed by atoms with van der Waals surface area (Å²) in [7, 11) is 0. The van der Waals surface area contributed by atoms with Gasteiger partial charge in [0.1, 0.15) is 5.75 Å². The average Bonchev–Trinajstić information content (AvgIpc) is 2.59. The molecule has 1 N–H and O–H groups in total. The Balaban J connectivity index is 1.62. The maximum atomic E-state index is 12.0. The van der Waals surface area contributed by atoms with E-state index >= 15 is 0 Å². The molecule has 0 unspecified atom stereocenters. The molecule has 1 aromatic carbocycles. The third kappa shape index (κ3) is 6.40. The van der Waals surface area contributed by atoms with Crippen molar-refractivity contribution in [2.45, 2.75) is 52.5 Å². The van der Waals surface area contributed by atoms with E-state index in [1.165, 1.54) is 6.42 Å². The van der Waals surface area contributed by atoms with Gasteiger partial charge in [-0.05, 0) is 37.3 Å². The zero-order chi connectivity index (χ0) is 18.2. The molecule has 1 saturated carbocycles. The quantitative estimate of drug-likeness (QED) is 0.769. The first-order chi connectivity index (χ1) is 12.0. The van der Waals surface area contributed by atoms with Crippen LogP contribution in [0.15, 0.2) is 24.3 Å². The first-order valence-electron chi connectivity index (χ1n) is 9.10. The molecule has 5 nitrogen and oxygen atoms in total. The van der Waals surface area contributed by atoms with Crippen molar-refractivity contribution in [3.63, 3.8) is 0 Å². The highest BCUT2D eigenvalue weighted by molar-refractivity contribution is 5.80. The van der Waals surface area contributed by atoms with Gasteiger partial charge in [0.25, 0.3) is 5.91 Å². The van der Waals surface area contributed by atoms with Gasteiger partial charge in [0.2, 0.25) is 0 Å². The molecule has 138 valence electrons. The molecule has 1 aromatic rings. The lowest BCUT2D eigenvalue weighted by Gasteiger charge is -2.34. The van der Waals surface area contributed by atoms with Gasteiger partial charge in [-0.25, -0.2) is 0 Å². The van der Waals surface area contributed by atoms with Crippen molar-refractivity contribution >= 4 is 11.9 Å². The Labute approximate surface area is 150 Å². The number of hydrogen-bond donors (Lipinski definition) is 1. The molecule has 0 heterocycles. The molecule has 3 atom stereocenters. The number of hydrogen-bond acceptors (Lipinski definition) is 4. The third-order valence-electron chi connectivity index (χ3n) is 5.01. The molecular formula is C20H29NO4. The predicted molar refractivity (Wildman–Crippen MR) is 96.4 cm³/mol. The van der Waals surface area contributed by atoms with E-state index in [0.717, 1.165) is 24.2 Å². The maximum absolute atomic E-state index is 12.0. The van der Waals surface area contributed by atoms with Crippen molar-refractivity contribution < 1.29 is 19.1 Å². The minimum absolute atomic E-state index is 0.123. The summed E-state index contributed by atoms with van der Waals surface area (Å²) < 4.78 is 10.5. The topological polar surface area (TPSA) is 64.6 Å².